The normalized spacial score (nSPS) is 10.9. The number of nitrogens with zero attached hydrogens (tertiary/aromatic N) is 3. The van der Waals surface area contributed by atoms with Gasteiger partial charge >= 0.3 is 0 Å². The van der Waals surface area contributed by atoms with Crippen molar-refractivity contribution >= 4 is 17.4 Å². The van der Waals surface area contributed by atoms with Gasteiger partial charge in [-0.15, -0.1) is 0 Å². The summed E-state index contributed by atoms with van der Waals surface area (Å²) < 4.78 is 18.6. The molecule has 96 valence electrons. The molecule has 0 atom stereocenters. The minimum absolute atomic E-state index is 0.0487. The first-order valence-corrected chi connectivity index (χ1v) is 5.84. The molecule has 0 bridgehead atoms. The Morgan fingerprint density at radius 3 is 2.82 bits per heavy atom. The standard InChI is InChI=1S/C11H17ClFN3O/c1-8(2)7-16(4-5-17-3)10-9(13)6-14-11(12)15-10/h6,8H,4-5,7H2,1-3H3. The molecule has 1 aromatic rings. The number of rotatable bonds is 6. The van der Waals surface area contributed by atoms with Crippen LogP contribution in [0.5, 0.6) is 0 Å². The maximum Gasteiger partial charge on any atom is 0.224 e. The van der Waals surface area contributed by atoms with Gasteiger partial charge in [0.2, 0.25) is 5.28 Å². The van der Waals surface area contributed by atoms with Gasteiger partial charge in [0.1, 0.15) is 0 Å². The number of anilines is 1. The monoisotopic (exact) mass is 261 g/mol. The minimum atomic E-state index is -0.467. The van der Waals surface area contributed by atoms with E-state index in [1.807, 2.05) is 4.90 Å². The highest BCUT2D eigenvalue weighted by Gasteiger charge is 2.15. The second-order valence-corrected chi connectivity index (χ2v) is 4.48. The summed E-state index contributed by atoms with van der Waals surface area (Å²) in [5.74, 6) is 0.155. The third-order valence-corrected chi connectivity index (χ3v) is 2.33. The number of methoxy groups -OCH3 is 1. The van der Waals surface area contributed by atoms with Crippen LogP contribution in [0.2, 0.25) is 5.28 Å². The smallest absolute Gasteiger partial charge is 0.224 e. The van der Waals surface area contributed by atoms with Gasteiger partial charge in [-0.2, -0.15) is 4.98 Å². The molecule has 17 heavy (non-hydrogen) atoms. The first-order valence-electron chi connectivity index (χ1n) is 5.46. The third kappa shape index (κ3) is 4.44. The molecule has 0 radical (unpaired) electrons. The average Bonchev–Trinajstić information content (AvgIpc) is 2.27. The van der Waals surface area contributed by atoms with E-state index in [0.29, 0.717) is 25.6 Å². The zero-order valence-electron chi connectivity index (χ0n) is 10.3. The van der Waals surface area contributed by atoms with Crippen LogP contribution in [0, 0.1) is 11.7 Å². The highest BCUT2D eigenvalue weighted by atomic mass is 35.5. The van der Waals surface area contributed by atoms with E-state index in [4.69, 9.17) is 16.3 Å². The van der Waals surface area contributed by atoms with E-state index < -0.39 is 5.82 Å². The van der Waals surface area contributed by atoms with Crippen LogP contribution in [0.4, 0.5) is 10.2 Å². The molecule has 0 aliphatic heterocycles. The lowest BCUT2D eigenvalue weighted by Gasteiger charge is -2.25. The zero-order chi connectivity index (χ0) is 12.8. The second-order valence-electron chi connectivity index (χ2n) is 4.14. The second kappa shape index (κ2) is 6.71. The summed E-state index contributed by atoms with van der Waals surface area (Å²) in [5.41, 5.74) is 0. The fraction of sp³-hybridized carbons (Fsp3) is 0.636. The van der Waals surface area contributed by atoms with Crippen molar-refractivity contribution < 1.29 is 9.13 Å². The highest BCUT2D eigenvalue weighted by molar-refractivity contribution is 6.28. The van der Waals surface area contributed by atoms with Crippen molar-refractivity contribution in [1.29, 1.82) is 0 Å². The Morgan fingerprint density at radius 2 is 2.24 bits per heavy atom. The van der Waals surface area contributed by atoms with Gasteiger partial charge < -0.3 is 9.64 Å². The molecule has 0 saturated heterocycles. The first-order chi connectivity index (χ1) is 8.04. The summed E-state index contributed by atoms with van der Waals surface area (Å²) in [7, 11) is 1.61. The number of hydrogen-bond donors (Lipinski definition) is 0. The van der Waals surface area contributed by atoms with Gasteiger partial charge in [0.15, 0.2) is 11.6 Å². The third-order valence-electron chi connectivity index (χ3n) is 2.15. The summed E-state index contributed by atoms with van der Waals surface area (Å²) in [6.45, 7) is 5.88. The largest absolute Gasteiger partial charge is 0.383 e. The predicted octanol–water partition coefficient (Wildman–Crippen LogP) is 2.38. The van der Waals surface area contributed by atoms with Crippen molar-refractivity contribution in [3.05, 3.63) is 17.3 Å². The molecule has 1 rings (SSSR count). The number of ether oxygens (including phenoxy) is 1. The van der Waals surface area contributed by atoms with E-state index in [0.717, 1.165) is 6.20 Å². The van der Waals surface area contributed by atoms with E-state index >= 15 is 0 Å². The number of halogens is 2. The van der Waals surface area contributed by atoms with E-state index in [1.54, 1.807) is 7.11 Å². The molecule has 0 aromatic carbocycles. The quantitative estimate of drug-likeness (QED) is 0.737. The van der Waals surface area contributed by atoms with Gasteiger partial charge in [0, 0.05) is 20.2 Å². The Labute approximate surface area is 106 Å². The minimum Gasteiger partial charge on any atom is -0.383 e. The van der Waals surface area contributed by atoms with E-state index in [2.05, 4.69) is 23.8 Å². The Balaban J connectivity index is 2.90. The molecule has 0 fully saturated rings. The first kappa shape index (κ1) is 14.1. The molecule has 0 aliphatic carbocycles. The van der Waals surface area contributed by atoms with Crippen molar-refractivity contribution in [1.82, 2.24) is 9.97 Å². The fourth-order valence-electron chi connectivity index (χ4n) is 1.49. The summed E-state index contributed by atoms with van der Waals surface area (Å²) in [6.07, 6.45) is 1.09. The van der Waals surface area contributed by atoms with Crippen LogP contribution < -0.4 is 4.90 Å². The zero-order valence-corrected chi connectivity index (χ0v) is 11.0. The van der Waals surface area contributed by atoms with Gasteiger partial charge in [-0.3, -0.25) is 0 Å². The molecule has 0 saturated carbocycles. The van der Waals surface area contributed by atoms with Crippen LogP contribution in [-0.2, 0) is 4.74 Å². The van der Waals surface area contributed by atoms with Gasteiger partial charge in [0.05, 0.1) is 12.8 Å². The van der Waals surface area contributed by atoms with E-state index in [1.165, 1.54) is 0 Å². The molecule has 6 heteroatoms. The summed E-state index contributed by atoms with van der Waals surface area (Å²) in [5, 5.41) is 0.0487. The van der Waals surface area contributed by atoms with Crippen molar-refractivity contribution in [2.24, 2.45) is 5.92 Å². The van der Waals surface area contributed by atoms with Gasteiger partial charge in [-0.1, -0.05) is 13.8 Å². The molecule has 1 aromatic heterocycles. The molecule has 1 heterocycles. The Bertz CT molecular complexity index is 363. The topological polar surface area (TPSA) is 38.2 Å². The van der Waals surface area contributed by atoms with E-state index in [9.17, 15) is 4.39 Å². The van der Waals surface area contributed by atoms with Crippen LogP contribution in [0.1, 0.15) is 13.8 Å². The predicted molar refractivity (Wildman–Crippen MR) is 65.9 cm³/mol. The molecule has 0 spiro atoms. The average molecular weight is 262 g/mol. The number of hydrogen-bond acceptors (Lipinski definition) is 4. The van der Waals surface area contributed by atoms with Crippen LogP contribution in [0.25, 0.3) is 0 Å². The SMILES string of the molecule is COCCN(CC(C)C)c1nc(Cl)ncc1F. The Hall–Kier alpha value is -0.940. The maximum atomic E-state index is 13.6. The van der Waals surface area contributed by atoms with Crippen LogP contribution >= 0.6 is 11.6 Å². The molecule has 0 amide bonds. The van der Waals surface area contributed by atoms with Crippen LogP contribution in [-0.4, -0.2) is 36.8 Å². The molecule has 0 unspecified atom stereocenters. The molecular weight excluding hydrogens is 245 g/mol. The molecular formula is C11H17ClFN3O. The molecule has 0 aliphatic rings. The summed E-state index contributed by atoms with van der Waals surface area (Å²) in [4.78, 5) is 9.35. The van der Waals surface area contributed by atoms with Crippen LogP contribution in [0.3, 0.4) is 0 Å². The van der Waals surface area contributed by atoms with Crippen molar-refractivity contribution in [2.75, 3.05) is 31.7 Å². The summed E-state index contributed by atoms with van der Waals surface area (Å²) >= 11 is 5.68. The Kier molecular flexibility index (Phi) is 5.58. The lowest BCUT2D eigenvalue weighted by atomic mass is 10.2. The molecule has 0 N–H and O–H groups in total. The maximum absolute atomic E-state index is 13.6. The number of aromatic nitrogens is 2. The molecule has 4 nitrogen and oxygen atoms in total. The fourth-order valence-corrected chi connectivity index (χ4v) is 1.61. The van der Waals surface area contributed by atoms with Gasteiger partial charge in [-0.05, 0) is 17.5 Å². The lowest BCUT2D eigenvalue weighted by molar-refractivity contribution is 0.204. The van der Waals surface area contributed by atoms with Crippen molar-refractivity contribution in [2.45, 2.75) is 13.8 Å². The summed E-state index contributed by atoms with van der Waals surface area (Å²) in [6, 6.07) is 0. The van der Waals surface area contributed by atoms with Crippen molar-refractivity contribution in [3.8, 4) is 0 Å². The van der Waals surface area contributed by atoms with Crippen LogP contribution in [0.15, 0.2) is 6.20 Å². The van der Waals surface area contributed by atoms with Crippen molar-refractivity contribution in [3.63, 3.8) is 0 Å². The highest BCUT2D eigenvalue weighted by Crippen LogP contribution is 2.18. The van der Waals surface area contributed by atoms with Gasteiger partial charge in [-0.25, -0.2) is 9.37 Å². The lowest BCUT2D eigenvalue weighted by Crippen LogP contribution is -2.32. The Morgan fingerprint density at radius 1 is 1.53 bits per heavy atom. The van der Waals surface area contributed by atoms with E-state index in [-0.39, 0.29) is 11.1 Å². The van der Waals surface area contributed by atoms with Gasteiger partial charge in [0.25, 0.3) is 0 Å².